The first kappa shape index (κ1) is 22.2. The van der Waals surface area contributed by atoms with Gasteiger partial charge in [-0.15, -0.1) is 0 Å². The highest BCUT2D eigenvalue weighted by molar-refractivity contribution is 5.84. The molecule has 0 aromatic heterocycles. The number of hydrogen-bond donors (Lipinski definition) is 0. The maximum absolute atomic E-state index is 5.99. The molecule has 0 saturated heterocycles. The van der Waals surface area contributed by atoms with Crippen LogP contribution in [-0.4, -0.2) is 6.61 Å². The zero-order valence-corrected chi connectivity index (χ0v) is 19.1. The van der Waals surface area contributed by atoms with Gasteiger partial charge in [-0.05, 0) is 84.7 Å². The van der Waals surface area contributed by atoms with E-state index < -0.39 is 0 Å². The van der Waals surface area contributed by atoms with Crippen LogP contribution in [0.25, 0.3) is 10.8 Å². The van der Waals surface area contributed by atoms with Crippen molar-refractivity contribution < 1.29 is 4.74 Å². The number of ether oxygens (including phenoxy) is 1. The first-order valence-corrected chi connectivity index (χ1v) is 12.4. The van der Waals surface area contributed by atoms with Crippen LogP contribution in [-0.2, 0) is 0 Å². The van der Waals surface area contributed by atoms with Crippen LogP contribution < -0.4 is 4.74 Å². The molecule has 0 bridgehead atoms. The molecule has 2 aromatic carbocycles. The van der Waals surface area contributed by atoms with E-state index in [0.717, 1.165) is 36.5 Å². The molecule has 1 saturated carbocycles. The summed E-state index contributed by atoms with van der Waals surface area (Å²) in [5.74, 6) is 3.63. The monoisotopic (exact) mass is 394 g/mol. The summed E-state index contributed by atoms with van der Waals surface area (Å²) in [5.41, 5.74) is 1.55. The van der Waals surface area contributed by atoms with Crippen LogP contribution in [0.2, 0.25) is 0 Å². The second-order valence-corrected chi connectivity index (χ2v) is 9.50. The number of rotatable bonds is 11. The Kier molecular flexibility index (Phi) is 8.90. The zero-order chi connectivity index (χ0) is 20.5. The Hall–Kier alpha value is -1.50. The summed E-state index contributed by atoms with van der Waals surface area (Å²) in [6.45, 7) is 7.85. The lowest BCUT2D eigenvalue weighted by Crippen LogP contribution is -2.15. The summed E-state index contributed by atoms with van der Waals surface area (Å²) >= 11 is 0. The largest absolute Gasteiger partial charge is 0.494 e. The Bertz CT molecular complexity index is 726. The van der Waals surface area contributed by atoms with Crippen molar-refractivity contribution in [2.24, 2.45) is 11.8 Å². The molecule has 1 heteroatoms. The van der Waals surface area contributed by atoms with Gasteiger partial charge in [0, 0.05) is 0 Å². The van der Waals surface area contributed by atoms with Crippen LogP contribution in [0.3, 0.4) is 0 Å². The fraction of sp³-hybridized carbons (Fsp3) is 0.643. The van der Waals surface area contributed by atoms with Crippen molar-refractivity contribution in [3.05, 3.63) is 42.0 Å². The average molecular weight is 395 g/mol. The van der Waals surface area contributed by atoms with Gasteiger partial charge in [0.15, 0.2) is 0 Å². The minimum atomic E-state index is 0.756. The van der Waals surface area contributed by atoms with E-state index in [-0.39, 0.29) is 0 Å². The van der Waals surface area contributed by atoms with Gasteiger partial charge in [0.05, 0.1) is 6.61 Å². The van der Waals surface area contributed by atoms with Crippen molar-refractivity contribution in [3.8, 4) is 5.75 Å². The minimum Gasteiger partial charge on any atom is -0.494 e. The predicted molar refractivity (Wildman–Crippen MR) is 127 cm³/mol. The van der Waals surface area contributed by atoms with Gasteiger partial charge in [-0.2, -0.15) is 0 Å². The molecule has 29 heavy (non-hydrogen) atoms. The molecule has 3 rings (SSSR count). The minimum absolute atomic E-state index is 0.756. The molecule has 0 spiro atoms. The Morgan fingerprint density at radius 1 is 0.862 bits per heavy atom. The Morgan fingerprint density at radius 2 is 1.59 bits per heavy atom. The molecule has 0 radical (unpaired) electrons. The first-order chi connectivity index (χ1) is 14.2. The summed E-state index contributed by atoms with van der Waals surface area (Å²) in [5, 5.41) is 2.67. The van der Waals surface area contributed by atoms with E-state index in [1.807, 2.05) is 0 Å². The molecular weight excluding hydrogens is 352 g/mol. The van der Waals surface area contributed by atoms with Crippen molar-refractivity contribution in [2.45, 2.75) is 97.3 Å². The van der Waals surface area contributed by atoms with Gasteiger partial charge in [0.2, 0.25) is 0 Å². The van der Waals surface area contributed by atoms with Crippen molar-refractivity contribution in [2.75, 3.05) is 6.61 Å². The summed E-state index contributed by atoms with van der Waals surface area (Å²) in [6, 6.07) is 13.7. The van der Waals surface area contributed by atoms with Crippen LogP contribution in [0.1, 0.15) is 103 Å². The standard InChI is InChI=1S/C28H42O/c1-4-6-7-8-9-18-29-28-17-16-26-20-25(14-15-27(26)21-28)24-12-10-23(11-13-24)19-22(3)5-2/h14-17,20-24H,4-13,18-19H2,1-3H3. The lowest BCUT2D eigenvalue weighted by atomic mass is 9.75. The molecule has 2 aromatic rings. The van der Waals surface area contributed by atoms with Gasteiger partial charge >= 0.3 is 0 Å². The Labute approximate surface area is 179 Å². The van der Waals surface area contributed by atoms with Crippen LogP contribution in [0.15, 0.2) is 36.4 Å². The third-order valence-electron chi connectivity index (χ3n) is 7.10. The normalized spacial score (nSPS) is 20.7. The molecule has 0 heterocycles. The van der Waals surface area contributed by atoms with Gasteiger partial charge in [-0.25, -0.2) is 0 Å². The summed E-state index contributed by atoms with van der Waals surface area (Å²) in [7, 11) is 0. The molecule has 0 amide bonds. The highest BCUT2D eigenvalue weighted by Gasteiger charge is 2.23. The van der Waals surface area contributed by atoms with E-state index in [0.29, 0.717) is 0 Å². The van der Waals surface area contributed by atoms with Crippen LogP contribution >= 0.6 is 0 Å². The molecule has 1 aliphatic carbocycles. The van der Waals surface area contributed by atoms with Gasteiger partial charge < -0.3 is 4.74 Å². The number of benzene rings is 2. The zero-order valence-electron chi connectivity index (χ0n) is 19.1. The smallest absolute Gasteiger partial charge is 0.119 e. The van der Waals surface area contributed by atoms with E-state index in [4.69, 9.17) is 4.74 Å². The maximum atomic E-state index is 5.99. The number of fused-ring (bicyclic) bond motifs is 1. The van der Waals surface area contributed by atoms with Crippen LogP contribution in [0.5, 0.6) is 5.75 Å². The summed E-state index contributed by atoms with van der Waals surface area (Å²) in [6.07, 6.45) is 14.7. The fourth-order valence-corrected chi connectivity index (χ4v) is 4.95. The molecule has 1 unspecified atom stereocenters. The third kappa shape index (κ3) is 6.76. The van der Waals surface area contributed by atoms with E-state index >= 15 is 0 Å². The van der Waals surface area contributed by atoms with Crippen molar-refractivity contribution in [1.29, 1.82) is 0 Å². The molecule has 1 fully saturated rings. The van der Waals surface area contributed by atoms with E-state index in [9.17, 15) is 0 Å². The van der Waals surface area contributed by atoms with Crippen LogP contribution in [0.4, 0.5) is 0 Å². The van der Waals surface area contributed by atoms with Gasteiger partial charge in [-0.3, -0.25) is 0 Å². The molecule has 1 aliphatic rings. The molecule has 1 atom stereocenters. The van der Waals surface area contributed by atoms with Crippen LogP contribution in [0, 0.1) is 11.8 Å². The number of unbranched alkanes of at least 4 members (excludes halogenated alkanes) is 4. The van der Waals surface area contributed by atoms with Crippen molar-refractivity contribution in [1.82, 2.24) is 0 Å². The number of hydrogen-bond acceptors (Lipinski definition) is 1. The van der Waals surface area contributed by atoms with Crippen molar-refractivity contribution in [3.63, 3.8) is 0 Å². The van der Waals surface area contributed by atoms with Crippen molar-refractivity contribution >= 4 is 10.8 Å². The summed E-state index contributed by atoms with van der Waals surface area (Å²) < 4.78 is 5.99. The van der Waals surface area contributed by atoms with E-state index in [2.05, 4.69) is 57.2 Å². The second-order valence-electron chi connectivity index (χ2n) is 9.50. The van der Waals surface area contributed by atoms with Gasteiger partial charge in [-0.1, -0.05) is 77.1 Å². The second kappa shape index (κ2) is 11.6. The lowest BCUT2D eigenvalue weighted by molar-refractivity contribution is 0.273. The predicted octanol–water partition coefficient (Wildman–Crippen LogP) is 8.90. The average Bonchev–Trinajstić information content (AvgIpc) is 2.76. The molecule has 0 N–H and O–H groups in total. The molecule has 1 nitrogen and oxygen atoms in total. The maximum Gasteiger partial charge on any atom is 0.119 e. The highest BCUT2D eigenvalue weighted by atomic mass is 16.5. The molecule has 0 aliphatic heterocycles. The molecule has 160 valence electrons. The first-order valence-electron chi connectivity index (χ1n) is 12.4. The Morgan fingerprint density at radius 3 is 2.34 bits per heavy atom. The lowest BCUT2D eigenvalue weighted by Gasteiger charge is -2.30. The third-order valence-corrected chi connectivity index (χ3v) is 7.10. The van der Waals surface area contributed by atoms with E-state index in [1.54, 1.807) is 5.56 Å². The topological polar surface area (TPSA) is 9.23 Å². The highest BCUT2D eigenvalue weighted by Crippen LogP contribution is 2.39. The Balaban J connectivity index is 1.52. The van der Waals surface area contributed by atoms with Gasteiger partial charge in [0.25, 0.3) is 0 Å². The van der Waals surface area contributed by atoms with Gasteiger partial charge in [0.1, 0.15) is 5.75 Å². The SMILES string of the molecule is CCCCCCCOc1ccc2cc(C3CCC(CC(C)CC)CC3)ccc2c1. The quantitative estimate of drug-likeness (QED) is 0.346. The summed E-state index contributed by atoms with van der Waals surface area (Å²) in [4.78, 5) is 0. The fourth-order valence-electron chi connectivity index (χ4n) is 4.95. The molecular formula is C28H42O. The van der Waals surface area contributed by atoms with E-state index in [1.165, 1.54) is 75.0 Å².